The van der Waals surface area contributed by atoms with Gasteiger partial charge in [0.05, 0.1) is 6.20 Å². The topological polar surface area (TPSA) is 85.1 Å². The van der Waals surface area contributed by atoms with Crippen LogP contribution in [-0.2, 0) is 18.4 Å². The Morgan fingerprint density at radius 3 is 2.78 bits per heavy atom. The predicted octanol–water partition coefficient (Wildman–Crippen LogP) is 1.68. The van der Waals surface area contributed by atoms with Gasteiger partial charge in [-0.05, 0) is 43.5 Å². The minimum absolute atomic E-state index is 0.0933. The van der Waals surface area contributed by atoms with Gasteiger partial charge in [0.15, 0.2) is 5.65 Å². The van der Waals surface area contributed by atoms with Crippen molar-refractivity contribution in [1.82, 2.24) is 19.3 Å². The number of amides is 1. The molecular weight excluding hydrogens is 344 g/mol. The van der Waals surface area contributed by atoms with Gasteiger partial charge in [-0.25, -0.2) is 4.98 Å². The number of carbonyl (C=O) groups excluding carboxylic acids is 1. The third-order valence-electron chi connectivity index (χ3n) is 4.99. The summed E-state index contributed by atoms with van der Waals surface area (Å²) in [5.74, 6) is -0.265. The molecule has 1 saturated heterocycles. The van der Waals surface area contributed by atoms with Gasteiger partial charge in [-0.3, -0.25) is 18.8 Å². The lowest BCUT2D eigenvalue weighted by Gasteiger charge is -2.19. The van der Waals surface area contributed by atoms with E-state index in [9.17, 15) is 9.59 Å². The number of rotatable bonds is 4. The molecule has 1 amide bonds. The van der Waals surface area contributed by atoms with Crippen LogP contribution in [-0.4, -0.2) is 38.3 Å². The van der Waals surface area contributed by atoms with E-state index in [2.05, 4.69) is 26.4 Å². The maximum absolute atomic E-state index is 12.5. The Labute approximate surface area is 156 Å². The van der Waals surface area contributed by atoms with Crippen LogP contribution in [0.25, 0.3) is 11.0 Å². The predicted molar refractivity (Wildman–Crippen MR) is 104 cm³/mol. The van der Waals surface area contributed by atoms with Crippen molar-refractivity contribution < 1.29 is 4.79 Å². The minimum atomic E-state index is -0.274. The van der Waals surface area contributed by atoms with Gasteiger partial charge in [0.2, 0.25) is 5.91 Å². The van der Waals surface area contributed by atoms with Crippen LogP contribution in [0.2, 0.25) is 0 Å². The van der Waals surface area contributed by atoms with E-state index in [-0.39, 0.29) is 18.0 Å². The number of fused-ring (bicyclic) bond motifs is 1. The number of anilines is 2. The van der Waals surface area contributed by atoms with Gasteiger partial charge in [-0.15, -0.1) is 0 Å². The van der Waals surface area contributed by atoms with Gasteiger partial charge in [0.1, 0.15) is 18.3 Å². The van der Waals surface area contributed by atoms with Crippen molar-refractivity contribution in [3.63, 3.8) is 0 Å². The van der Waals surface area contributed by atoms with Crippen LogP contribution in [0.1, 0.15) is 18.4 Å². The van der Waals surface area contributed by atoms with Crippen LogP contribution in [0, 0.1) is 6.92 Å². The normalized spacial score (nSPS) is 14.1. The van der Waals surface area contributed by atoms with Crippen LogP contribution in [0.3, 0.4) is 0 Å². The number of nitrogens with zero attached hydrogens (tertiary/aromatic N) is 5. The number of carbonyl (C=O) groups is 1. The molecule has 27 heavy (non-hydrogen) atoms. The fraction of sp³-hybridized carbons (Fsp3) is 0.368. The molecular formula is C19H22N6O2. The largest absolute Gasteiger partial charge is 0.372 e. The van der Waals surface area contributed by atoms with Crippen LogP contribution in [0.15, 0.2) is 35.5 Å². The molecule has 0 atom stereocenters. The molecule has 0 spiro atoms. The summed E-state index contributed by atoms with van der Waals surface area (Å²) >= 11 is 0. The lowest BCUT2D eigenvalue weighted by atomic mass is 10.1. The summed E-state index contributed by atoms with van der Waals surface area (Å²) in [6.07, 6.45) is 5.30. The van der Waals surface area contributed by atoms with Crippen molar-refractivity contribution in [1.29, 1.82) is 0 Å². The Kier molecular flexibility index (Phi) is 4.39. The van der Waals surface area contributed by atoms with Gasteiger partial charge in [-0.1, -0.05) is 0 Å². The first-order chi connectivity index (χ1) is 13.0. The summed E-state index contributed by atoms with van der Waals surface area (Å²) in [7, 11) is 1.72. The average Bonchev–Trinajstić information content (AvgIpc) is 3.30. The molecule has 3 heterocycles. The molecule has 2 aromatic heterocycles. The fourth-order valence-electron chi connectivity index (χ4n) is 3.48. The SMILES string of the molecule is Cc1cc(N2CCCC2)ccc1NC(=O)Cn1cnc2c(cnn2C)c1=O. The highest BCUT2D eigenvalue weighted by Gasteiger charge is 2.15. The summed E-state index contributed by atoms with van der Waals surface area (Å²) in [6, 6.07) is 6.05. The van der Waals surface area contributed by atoms with E-state index in [1.165, 1.54) is 40.3 Å². The van der Waals surface area contributed by atoms with E-state index in [0.717, 1.165) is 24.3 Å². The van der Waals surface area contributed by atoms with Crippen molar-refractivity contribution in [2.75, 3.05) is 23.3 Å². The van der Waals surface area contributed by atoms with Crippen molar-refractivity contribution in [2.24, 2.45) is 7.05 Å². The van der Waals surface area contributed by atoms with Crippen molar-refractivity contribution >= 4 is 28.3 Å². The van der Waals surface area contributed by atoms with Gasteiger partial charge in [0, 0.05) is 31.5 Å². The number of nitrogens with one attached hydrogen (secondary N) is 1. The third-order valence-corrected chi connectivity index (χ3v) is 4.99. The Morgan fingerprint density at radius 2 is 2.04 bits per heavy atom. The zero-order valence-electron chi connectivity index (χ0n) is 15.5. The zero-order chi connectivity index (χ0) is 19.0. The summed E-state index contributed by atoms with van der Waals surface area (Å²) in [5.41, 5.74) is 3.17. The average molecular weight is 366 g/mol. The van der Waals surface area contributed by atoms with Crippen LogP contribution in [0.4, 0.5) is 11.4 Å². The van der Waals surface area contributed by atoms with Crippen molar-refractivity contribution in [3.8, 4) is 0 Å². The van der Waals surface area contributed by atoms with Crippen LogP contribution < -0.4 is 15.8 Å². The molecule has 1 aliphatic rings. The number of hydrogen-bond acceptors (Lipinski definition) is 5. The molecule has 8 nitrogen and oxygen atoms in total. The fourth-order valence-corrected chi connectivity index (χ4v) is 3.48. The number of aromatic nitrogens is 4. The Bertz CT molecular complexity index is 1060. The van der Waals surface area contributed by atoms with Crippen LogP contribution >= 0.6 is 0 Å². The maximum atomic E-state index is 12.5. The van der Waals surface area contributed by atoms with Crippen LogP contribution in [0.5, 0.6) is 0 Å². The Hall–Kier alpha value is -3.16. The highest BCUT2D eigenvalue weighted by atomic mass is 16.2. The van der Waals surface area contributed by atoms with Gasteiger partial charge in [-0.2, -0.15) is 5.10 Å². The lowest BCUT2D eigenvalue weighted by Crippen LogP contribution is -2.28. The molecule has 0 saturated carbocycles. The molecule has 140 valence electrons. The molecule has 0 aliphatic carbocycles. The molecule has 4 rings (SSSR count). The summed E-state index contributed by atoms with van der Waals surface area (Å²) in [4.78, 5) is 31.5. The molecule has 1 aromatic carbocycles. The number of benzene rings is 1. The second-order valence-electron chi connectivity index (χ2n) is 6.92. The second kappa shape index (κ2) is 6.86. The minimum Gasteiger partial charge on any atom is -0.372 e. The summed E-state index contributed by atoms with van der Waals surface area (Å²) < 4.78 is 2.83. The first-order valence-electron chi connectivity index (χ1n) is 9.05. The summed E-state index contributed by atoms with van der Waals surface area (Å²) in [6.45, 7) is 4.05. The lowest BCUT2D eigenvalue weighted by molar-refractivity contribution is -0.116. The molecule has 1 N–H and O–H groups in total. The van der Waals surface area contributed by atoms with E-state index >= 15 is 0 Å². The van der Waals surface area contributed by atoms with E-state index in [0.29, 0.717) is 11.0 Å². The Morgan fingerprint density at radius 1 is 1.26 bits per heavy atom. The smallest absolute Gasteiger partial charge is 0.264 e. The molecule has 8 heteroatoms. The first-order valence-corrected chi connectivity index (χ1v) is 9.05. The number of aryl methyl sites for hydroxylation is 2. The maximum Gasteiger partial charge on any atom is 0.264 e. The Balaban J connectivity index is 1.49. The zero-order valence-corrected chi connectivity index (χ0v) is 15.5. The van der Waals surface area contributed by atoms with Gasteiger partial charge >= 0.3 is 0 Å². The van der Waals surface area contributed by atoms with Crippen molar-refractivity contribution in [2.45, 2.75) is 26.3 Å². The van der Waals surface area contributed by atoms with Gasteiger partial charge in [0.25, 0.3) is 5.56 Å². The molecule has 0 radical (unpaired) electrons. The molecule has 0 unspecified atom stereocenters. The van der Waals surface area contributed by atoms with E-state index in [1.807, 2.05) is 19.1 Å². The molecule has 1 fully saturated rings. The monoisotopic (exact) mass is 366 g/mol. The molecule has 1 aliphatic heterocycles. The number of hydrogen-bond donors (Lipinski definition) is 1. The van der Waals surface area contributed by atoms with Gasteiger partial charge < -0.3 is 10.2 Å². The highest BCUT2D eigenvalue weighted by molar-refractivity contribution is 5.91. The van der Waals surface area contributed by atoms with E-state index in [4.69, 9.17) is 0 Å². The molecule has 0 bridgehead atoms. The third kappa shape index (κ3) is 3.30. The van der Waals surface area contributed by atoms with E-state index < -0.39 is 0 Å². The molecule has 3 aromatic rings. The first kappa shape index (κ1) is 17.3. The van der Waals surface area contributed by atoms with E-state index in [1.54, 1.807) is 7.05 Å². The highest BCUT2D eigenvalue weighted by Crippen LogP contribution is 2.25. The standard InChI is InChI=1S/C19H22N6O2/c1-13-9-14(24-7-3-4-8-24)5-6-16(13)22-17(26)11-25-12-20-18-15(19(25)27)10-21-23(18)2/h5-6,9-10,12H,3-4,7-8,11H2,1-2H3,(H,22,26). The van der Waals surface area contributed by atoms with Crippen molar-refractivity contribution in [3.05, 3.63) is 46.6 Å². The quantitative estimate of drug-likeness (QED) is 0.759. The second-order valence-corrected chi connectivity index (χ2v) is 6.92. The summed E-state index contributed by atoms with van der Waals surface area (Å²) in [5, 5.41) is 7.33.